The number of allylic oxidation sites excluding steroid dienone is 28. The number of rotatable bonds is 40. The van der Waals surface area contributed by atoms with E-state index in [-0.39, 0.29) is 26.1 Å². The minimum absolute atomic E-state index is 0.0117. The Kier molecular flexibility index (Phi) is 42.9. The molecular weight excluding hydrogens is 858 g/mol. The van der Waals surface area contributed by atoms with Crippen LogP contribution >= 0.6 is 7.82 Å². The Morgan fingerprint density at radius 1 is 0.433 bits per heavy atom. The standard InChI is InChI=1S/C57H84NO8P/c1-6-8-10-12-14-16-18-20-22-24-26-28-29-30-32-33-35-37-39-41-43-45-47-49-56(59)63-53-55(54-65-67(61,62)64-52-51-58(3,4)5)66-57(60)50-48-46-44-42-40-38-36-34-31-27-25-23-21-19-17-15-13-11-9-7-2/h6-9,12-15,18-21,24-27,29-30,33-36,39-42,45-48,55H,10-11,16-17,22-23,28,31-32,37-38,43-44,49-54H2,1-5H3/p+1/t55-/m1/s1. The average Bonchev–Trinajstić information content (AvgIpc) is 3.29. The van der Waals surface area contributed by atoms with Crippen LogP contribution in [0.5, 0.6) is 0 Å². The molecule has 0 heterocycles. The van der Waals surface area contributed by atoms with E-state index in [1.807, 2.05) is 59.3 Å². The number of likely N-dealkylation sites (N-methyl/N-ethyl adjacent to an activating group) is 1. The first kappa shape index (κ1) is 62.1. The summed E-state index contributed by atoms with van der Waals surface area (Å²) in [6, 6.07) is 0. The molecule has 2 atom stereocenters. The van der Waals surface area contributed by atoms with Crippen molar-refractivity contribution in [1.82, 2.24) is 0 Å². The number of esters is 2. The van der Waals surface area contributed by atoms with Crippen LogP contribution in [0, 0.1) is 0 Å². The zero-order valence-electron chi connectivity index (χ0n) is 41.5. The van der Waals surface area contributed by atoms with Gasteiger partial charge in [0.2, 0.25) is 0 Å². The largest absolute Gasteiger partial charge is 0.472 e. The van der Waals surface area contributed by atoms with Crippen molar-refractivity contribution in [1.29, 1.82) is 0 Å². The molecule has 1 N–H and O–H groups in total. The second-order valence-corrected chi connectivity index (χ2v) is 17.6. The molecule has 10 heteroatoms. The van der Waals surface area contributed by atoms with Crippen LogP contribution in [-0.4, -0.2) is 74.9 Å². The third-order valence-corrected chi connectivity index (χ3v) is 9.90. The Hall–Kier alpha value is -4.89. The van der Waals surface area contributed by atoms with Gasteiger partial charge in [0.25, 0.3) is 0 Å². The molecule has 0 fully saturated rings. The molecule has 0 rings (SSSR count). The first-order chi connectivity index (χ1) is 32.5. The number of hydrogen-bond acceptors (Lipinski definition) is 7. The number of phosphoric ester groups is 1. The molecule has 0 spiro atoms. The number of carbonyl (C=O) groups is 2. The van der Waals surface area contributed by atoms with Crippen LogP contribution < -0.4 is 0 Å². The molecule has 67 heavy (non-hydrogen) atoms. The van der Waals surface area contributed by atoms with Crippen molar-refractivity contribution in [3.05, 3.63) is 182 Å². The summed E-state index contributed by atoms with van der Waals surface area (Å²) >= 11 is 0. The Morgan fingerprint density at radius 2 is 0.716 bits per heavy atom. The van der Waals surface area contributed by atoms with Crippen molar-refractivity contribution in [2.75, 3.05) is 47.5 Å². The predicted octanol–water partition coefficient (Wildman–Crippen LogP) is 14.5. The number of ether oxygens (including phenoxy) is 2. The maximum atomic E-state index is 12.7. The van der Waals surface area contributed by atoms with Crippen molar-refractivity contribution in [3.63, 3.8) is 0 Å². The number of carbonyl (C=O) groups excluding carboxylic acids is 2. The molecule has 370 valence electrons. The summed E-state index contributed by atoms with van der Waals surface area (Å²) in [5.74, 6) is -1.12. The Morgan fingerprint density at radius 3 is 1.01 bits per heavy atom. The van der Waals surface area contributed by atoms with Crippen LogP contribution in [0.4, 0.5) is 0 Å². The second-order valence-electron chi connectivity index (χ2n) is 16.1. The van der Waals surface area contributed by atoms with Gasteiger partial charge in [0.05, 0.1) is 40.6 Å². The zero-order valence-corrected chi connectivity index (χ0v) is 42.4. The van der Waals surface area contributed by atoms with Crippen molar-refractivity contribution in [2.45, 2.75) is 116 Å². The molecule has 0 radical (unpaired) electrons. The molecular formula is C57H85NO8P+. The summed E-state index contributed by atoms with van der Waals surface area (Å²) in [4.78, 5) is 35.4. The SMILES string of the molecule is CC=CCC=CCC=CCC=CCC=CCC=CCC=CCC=CCC(=O)OC[C@H](COP(=O)(O)OCC[N+](C)(C)C)OC(=O)CC=CCC=CCC=CCC=CCC=CCC=CCC=CC. The van der Waals surface area contributed by atoms with Crippen molar-refractivity contribution >= 4 is 19.8 Å². The van der Waals surface area contributed by atoms with E-state index in [0.29, 0.717) is 23.9 Å². The van der Waals surface area contributed by atoms with E-state index in [2.05, 4.69) is 146 Å². The highest BCUT2D eigenvalue weighted by Gasteiger charge is 2.26. The first-order valence-electron chi connectivity index (χ1n) is 23.9. The highest BCUT2D eigenvalue weighted by atomic mass is 31.2. The van der Waals surface area contributed by atoms with Gasteiger partial charge < -0.3 is 18.9 Å². The Balaban J connectivity index is 4.63. The number of nitrogens with zero attached hydrogens (tertiary/aromatic N) is 1. The zero-order chi connectivity index (χ0) is 49.2. The van der Waals surface area contributed by atoms with E-state index >= 15 is 0 Å². The van der Waals surface area contributed by atoms with Crippen LogP contribution in [0.15, 0.2) is 182 Å². The Bertz CT molecular complexity index is 1780. The monoisotopic (exact) mass is 943 g/mol. The summed E-state index contributed by atoms with van der Waals surface area (Å²) < 4.78 is 34.1. The van der Waals surface area contributed by atoms with E-state index in [9.17, 15) is 19.0 Å². The minimum atomic E-state index is -4.44. The van der Waals surface area contributed by atoms with Gasteiger partial charge in [-0.25, -0.2) is 4.57 Å². The van der Waals surface area contributed by atoms with Gasteiger partial charge in [-0.05, 0) is 97.3 Å². The number of phosphoric acid groups is 1. The summed E-state index contributed by atoms with van der Waals surface area (Å²) in [5.41, 5.74) is 0. The molecule has 0 saturated carbocycles. The summed E-state index contributed by atoms with van der Waals surface area (Å²) in [6.07, 6.45) is 73.1. The predicted molar refractivity (Wildman–Crippen MR) is 283 cm³/mol. The normalized spacial score (nSPS) is 15.0. The van der Waals surface area contributed by atoms with Crippen LogP contribution in [-0.2, 0) is 32.7 Å². The maximum Gasteiger partial charge on any atom is 0.472 e. The third kappa shape index (κ3) is 50.4. The first-order valence-corrected chi connectivity index (χ1v) is 25.4. The summed E-state index contributed by atoms with van der Waals surface area (Å²) in [7, 11) is 1.33. The van der Waals surface area contributed by atoms with Gasteiger partial charge >= 0.3 is 19.8 Å². The van der Waals surface area contributed by atoms with Crippen LogP contribution in [0.25, 0.3) is 0 Å². The van der Waals surface area contributed by atoms with E-state index in [4.69, 9.17) is 18.5 Å². The van der Waals surface area contributed by atoms with Gasteiger partial charge in [0.1, 0.15) is 19.8 Å². The van der Waals surface area contributed by atoms with Crippen LogP contribution in [0.1, 0.15) is 110 Å². The van der Waals surface area contributed by atoms with Crippen LogP contribution in [0.2, 0.25) is 0 Å². The molecule has 0 bridgehead atoms. The highest BCUT2D eigenvalue weighted by molar-refractivity contribution is 7.47. The van der Waals surface area contributed by atoms with Gasteiger partial charge in [0, 0.05) is 0 Å². The topological polar surface area (TPSA) is 108 Å². The smallest absolute Gasteiger partial charge is 0.461 e. The lowest BCUT2D eigenvalue weighted by Crippen LogP contribution is -2.37. The lowest BCUT2D eigenvalue weighted by molar-refractivity contribution is -0.870. The molecule has 0 aliphatic carbocycles. The van der Waals surface area contributed by atoms with E-state index in [1.165, 1.54) is 0 Å². The van der Waals surface area contributed by atoms with Crippen molar-refractivity contribution < 1.29 is 42.1 Å². The molecule has 0 aromatic heterocycles. The quantitative estimate of drug-likeness (QED) is 0.0280. The van der Waals surface area contributed by atoms with Gasteiger partial charge in [-0.1, -0.05) is 182 Å². The maximum absolute atomic E-state index is 12.7. The lowest BCUT2D eigenvalue weighted by Gasteiger charge is -2.24. The van der Waals surface area contributed by atoms with E-state index < -0.39 is 32.5 Å². The molecule has 1 unspecified atom stereocenters. The fourth-order valence-corrected chi connectivity index (χ4v) is 5.94. The van der Waals surface area contributed by atoms with Crippen molar-refractivity contribution in [3.8, 4) is 0 Å². The lowest BCUT2D eigenvalue weighted by atomic mass is 10.2. The van der Waals surface area contributed by atoms with Crippen molar-refractivity contribution in [2.24, 2.45) is 0 Å². The summed E-state index contributed by atoms with van der Waals surface area (Å²) in [6.45, 7) is 3.70. The fourth-order valence-electron chi connectivity index (χ4n) is 5.20. The van der Waals surface area contributed by atoms with Gasteiger partial charge in [-0.2, -0.15) is 0 Å². The molecule has 0 aromatic rings. The number of quaternary nitrogens is 1. The van der Waals surface area contributed by atoms with Crippen LogP contribution in [0.3, 0.4) is 0 Å². The molecule has 9 nitrogen and oxygen atoms in total. The molecule has 0 aliphatic heterocycles. The molecule has 0 aromatic carbocycles. The van der Waals surface area contributed by atoms with Gasteiger partial charge in [-0.15, -0.1) is 0 Å². The Labute approximate surface area is 406 Å². The average molecular weight is 943 g/mol. The van der Waals surface area contributed by atoms with Gasteiger partial charge in [-0.3, -0.25) is 18.6 Å². The summed E-state index contributed by atoms with van der Waals surface area (Å²) in [5, 5.41) is 0. The minimum Gasteiger partial charge on any atom is -0.461 e. The fraction of sp³-hybridized carbons (Fsp3) is 0.439. The molecule has 0 saturated heterocycles. The van der Waals surface area contributed by atoms with E-state index in [0.717, 1.165) is 70.6 Å². The molecule has 0 aliphatic rings. The molecule has 0 amide bonds. The highest BCUT2D eigenvalue weighted by Crippen LogP contribution is 2.43. The van der Waals surface area contributed by atoms with Gasteiger partial charge in [0.15, 0.2) is 6.10 Å². The third-order valence-electron chi connectivity index (χ3n) is 8.91. The second kappa shape index (κ2) is 46.2. The number of hydrogen-bond donors (Lipinski definition) is 1. The van der Waals surface area contributed by atoms with E-state index in [1.54, 1.807) is 12.2 Å².